The normalized spacial score (nSPS) is 14.6. The van der Waals surface area contributed by atoms with Gasteiger partial charge in [-0.15, -0.1) is 0 Å². The maximum absolute atomic E-state index is 13.1. The summed E-state index contributed by atoms with van der Waals surface area (Å²) in [7, 11) is 0. The molecule has 86 valence electrons. The van der Waals surface area contributed by atoms with Gasteiger partial charge in [-0.3, -0.25) is 4.98 Å². The van der Waals surface area contributed by atoms with Gasteiger partial charge in [0.15, 0.2) is 0 Å². The van der Waals surface area contributed by atoms with Crippen molar-refractivity contribution in [3.63, 3.8) is 0 Å². The Morgan fingerprint density at radius 2 is 2.18 bits per heavy atom. The van der Waals surface area contributed by atoms with Gasteiger partial charge in [-0.05, 0) is 25.0 Å². The summed E-state index contributed by atoms with van der Waals surface area (Å²) in [5.74, 6) is 0.229. The van der Waals surface area contributed by atoms with Crippen molar-refractivity contribution in [3.8, 4) is 11.3 Å². The van der Waals surface area contributed by atoms with E-state index in [-0.39, 0.29) is 5.82 Å². The van der Waals surface area contributed by atoms with Crippen LogP contribution in [0.3, 0.4) is 0 Å². The van der Waals surface area contributed by atoms with Gasteiger partial charge < -0.3 is 5.32 Å². The molecule has 17 heavy (non-hydrogen) atoms. The summed E-state index contributed by atoms with van der Waals surface area (Å²) < 4.78 is 13.1. The van der Waals surface area contributed by atoms with Crippen molar-refractivity contribution in [2.75, 3.05) is 5.32 Å². The largest absolute Gasteiger partial charge is 0.351 e. The number of hydrogen-bond donors (Lipinski definition) is 1. The lowest BCUT2D eigenvalue weighted by molar-refractivity contribution is 0.622. The fourth-order valence-corrected chi connectivity index (χ4v) is 1.55. The molecular formula is C12H11FN4. The maximum Gasteiger partial charge on any atom is 0.223 e. The SMILES string of the molecule is Fc1cncc(-c2ccnc(NC3CC3)n2)c1. The lowest BCUT2D eigenvalue weighted by atomic mass is 10.2. The monoisotopic (exact) mass is 230 g/mol. The number of pyridine rings is 1. The predicted octanol–water partition coefficient (Wildman–Crippen LogP) is 2.25. The van der Waals surface area contributed by atoms with E-state index in [2.05, 4.69) is 20.3 Å². The number of aromatic nitrogens is 3. The average Bonchev–Trinajstić information content (AvgIpc) is 3.13. The van der Waals surface area contributed by atoms with Crippen LogP contribution in [0.15, 0.2) is 30.7 Å². The smallest absolute Gasteiger partial charge is 0.223 e. The van der Waals surface area contributed by atoms with Crippen molar-refractivity contribution >= 4 is 5.95 Å². The Bertz CT molecular complexity index is 540. The van der Waals surface area contributed by atoms with Crippen molar-refractivity contribution in [3.05, 3.63) is 36.5 Å². The summed E-state index contributed by atoms with van der Waals surface area (Å²) in [6, 6.07) is 3.65. The molecule has 1 saturated carbocycles. The molecular weight excluding hydrogens is 219 g/mol. The molecule has 0 unspecified atom stereocenters. The van der Waals surface area contributed by atoms with E-state index in [0.29, 0.717) is 23.2 Å². The molecule has 0 radical (unpaired) electrons. The van der Waals surface area contributed by atoms with Gasteiger partial charge in [-0.2, -0.15) is 0 Å². The van der Waals surface area contributed by atoms with Crippen molar-refractivity contribution in [1.82, 2.24) is 15.0 Å². The first-order valence-corrected chi connectivity index (χ1v) is 5.52. The van der Waals surface area contributed by atoms with Crippen LogP contribution in [0.5, 0.6) is 0 Å². The molecule has 2 aromatic heterocycles. The predicted molar refractivity (Wildman–Crippen MR) is 61.9 cm³/mol. The summed E-state index contributed by atoms with van der Waals surface area (Å²) in [6.45, 7) is 0. The topological polar surface area (TPSA) is 50.7 Å². The maximum atomic E-state index is 13.1. The van der Waals surface area contributed by atoms with Gasteiger partial charge in [0.25, 0.3) is 0 Å². The molecule has 3 rings (SSSR count). The van der Waals surface area contributed by atoms with Gasteiger partial charge in [-0.25, -0.2) is 14.4 Å². The Hall–Kier alpha value is -2.04. The van der Waals surface area contributed by atoms with Crippen LogP contribution < -0.4 is 5.32 Å². The van der Waals surface area contributed by atoms with Crippen LogP contribution in [0.2, 0.25) is 0 Å². The van der Waals surface area contributed by atoms with Crippen LogP contribution in [0.1, 0.15) is 12.8 Å². The Kier molecular flexibility index (Phi) is 2.44. The van der Waals surface area contributed by atoms with E-state index in [1.807, 2.05) is 0 Å². The highest BCUT2D eigenvalue weighted by Gasteiger charge is 2.21. The Morgan fingerprint density at radius 3 is 2.94 bits per heavy atom. The third-order valence-corrected chi connectivity index (χ3v) is 2.57. The number of hydrogen-bond acceptors (Lipinski definition) is 4. The van der Waals surface area contributed by atoms with Gasteiger partial charge in [0.2, 0.25) is 5.95 Å². The molecule has 2 heterocycles. The number of anilines is 1. The molecule has 1 fully saturated rings. The number of nitrogens with zero attached hydrogens (tertiary/aromatic N) is 3. The van der Waals surface area contributed by atoms with E-state index in [1.165, 1.54) is 12.3 Å². The first kappa shape index (κ1) is 10.1. The molecule has 0 amide bonds. The molecule has 0 bridgehead atoms. The molecule has 2 aromatic rings. The highest BCUT2D eigenvalue weighted by Crippen LogP contribution is 2.24. The van der Waals surface area contributed by atoms with Gasteiger partial charge in [0.05, 0.1) is 11.9 Å². The van der Waals surface area contributed by atoms with Gasteiger partial charge >= 0.3 is 0 Å². The number of halogens is 1. The van der Waals surface area contributed by atoms with E-state index < -0.39 is 0 Å². The van der Waals surface area contributed by atoms with E-state index in [9.17, 15) is 4.39 Å². The molecule has 1 N–H and O–H groups in total. The van der Waals surface area contributed by atoms with Crippen molar-refractivity contribution < 1.29 is 4.39 Å². The summed E-state index contributed by atoms with van der Waals surface area (Å²) in [6.07, 6.45) is 6.75. The summed E-state index contributed by atoms with van der Waals surface area (Å²) in [4.78, 5) is 12.3. The third-order valence-electron chi connectivity index (χ3n) is 2.57. The minimum absolute atomic E-state index is 0.363. The van der Waals surface area contributed by atoms with Crippen LogP contribution in [0, 0.1) is 5.82 Å². The van der Waals surface area contributed by atoms with E-state index >= 15 is 0 Å². The van der Waals surface area contributed by atoms with Gasteiger partial charge in [0.1, 0.15) is 5.82 Å². The van der Waals surface area contributed by atoms with E-state index in [0.717, 1.165) is 12.8 Å². The minimum Gasteiger partial charge on any atom is -0.351 e. The summed E-state index contributed by atoms with van der Waals surface area (Å²) >= 11 is 0. The molecule has 4 nitrogen and oxygen atoms in total. The van der Waals surface area contributed by atoms with Crippen LogP contribution in [-0.2, 0) is 0 Å². The van der Waals surface area contributed by atoms with Crippen LogP contribution in [-0.4, -0.2) is 21.0 Å². The van der Waals surface area contributed by atoms with Crippen molar-refractivity contribution in [1.29, 1.82) is 0 Å². The fraction of sp³-hybridized carbons (Fsp3) is 0.250. The highest BCUT2D eigenvalue weighted by atomic mass is 19.1. The summed E-state index contributed by atoms with van der Waals surface area (Å²) in [5.41, 5.74) is 1.33. The molecule has 0 atom stereocenters. The zero-order valence-electron chi connectivity index (χ0n) is 9.10. The Balaban J connectivity index is 1.91. The van der Waals surface area contributed by atoms with Crippen LogP contribution in [0.25, 0.3) is 11.3 Å². The third kappa shape index (κ3) is 2.38. The van der Waals surface area contributed by atoms with Crippen LogP contribution in [0.4, 0.5) is 10.3 Å². The van der Waals surface area contributed by atoms with Crippen LogP contribution >= 0.6 is 0 Å². The second-order valence-electron chi connectivity index (χ2n) is 4.08. The molecule has 1 aliphatic carbocycles. The van der Waals surface area contributed by atoms with E-state index in [1.54, 1.807) is 18.5 Å². The highest BCUT2D eigenvalue weighted by molar-refractivity contribution is 5.58. The fourth-order valence-electron chi connectivity index (χ4n) is 1.55. The Morgan fingerprint density at radius 1 is 1.29 bits per heavy atom. The van der Waals surface area contributed by atoms with E-state index in [4.69, 9.17) is 0 Å². The number of rotatable bonds is 3. The lowest BCUT2D eigenvalue weighted by Gasteiger charge is -2.04. The molecule has 0 saturated heterocycles. The first-order valence-electron chi connectivity index (χ1n) is 5.52. The number of nitrogens with one attached hydrogen (secondary N) is 1. The van der Waals surface area contributed by atoms with Crippen molar-refractivity contribution in [2.45, 2.75) is 18.9 Å². The quantitative estimate of drug-likeness (QED) is 0.878. The molecule has 0 aromatic carbocycles. The molecule has 1 aliphatic rings. The molecule has 5 heteroatoms. The average molecular weight is 230 g/mol. The second kappa shape index (κ2) is 4.08. The Labute approximate surface area is 98.0 Å². The molecule has 0 spiro atoms. The van der Waals surface area contributed by atoms with Crippen molar-refractivity contribution in [2.24, 2.45) is 0 Å². The standard InChI is InChI=1S/C12H11FN4/c13-9-5-8(6-14-7-9)11-3-4-15-12(17-11)16-10-1-2-10/h3-7,10H,1-2H2,(H,15,16,17). The van der Waals surface area contributed by atoms with Gasteiger partial charge in [0, 0.05) is 24.0 Å². The summed E-state index contributed by atoms with van der Waals surface area (Å²) in [5, 5.41) is 3.20. The zero-order chi connectivity index (χ0) is 11.7. The lowest BCUT2D eigenvalue weighted by Crippen LogP contribution is -2.05. The molecule has 0 aliphatic heterocycles. The van der Waals surface area contributed by atoms with Gasteiger partial charge in [-0.1, -0.05) is 0 Å². The zero-order valence-corrected chi connectivity index (χ0v) is 9.10. The first-order chi connectivity index (χ1) is 8.31. The second-order valence-corrected chi connectivity index (χ2v) is 4.08. The minimum atomic E-state index is -0.363.